The number of fused-ring (bicyclic) bond motifs is 13. The smallest absolute Gasteiger partial charge is 0.227 e. The zero-order chi connectivity index (χ0) is 35.4. The summed E-state index contributed by atoms with van der Waals surface area (Å²) < 4.78 is 6.37. The molecule has 0 aliphatic heterocycles. The van der Waals surface area contributed by atoms with Crippen LogP contribution >= 0.6 is 0 Å². The molecule has 1 spiro atoms. The Balaban J connectivity index is 1.17. The number of hydrogen-bond donors (Lipinski definition) is 0. The van der Waals surface area contributed by atoms with Crippen LogP contribution in [0.1, 0.15) is 22.3 Å². The van der Waals surface area contributed by atoms with Crippen molar-refractivity contribution in [3.05, 3.63) is 210 Å². The summed E-state index contributed by atoms with van der Waals surface area (Å²) in [4.78, 5) is 4.94. The Kier molecular flexibility index (Phi) is 6.01. The highest BCUT2D eigenvalue weighted by Gasteiger charge is 2.52. The van der Waals surface area contributed by atoms with Crippen molar-refractivity contribution in [3.8, 4) is 56.0 Å². The molecule has 9 aromatic carbocycles. The SMILES string of the molecule is c1ccc(-c2c3ccccc3c(-c3ccc4c(c3)C3(c5ccccc5-c5ccccc53)c3cc(-c5nc6ccccc6o5)ccc3-4)c3ccccc23)cc1. The molecule has 2 aliphatic rings. The summed E-state index contributed by atoms with van der Waals surface area (Å²) in [6.07, 6.45) is 0. The van der Waals surface area contributed by atoms with Gasteiger partial charge in [-0.25, -0.2) is 4.98 Å². The van der Waals surface area contributed by atoms with Crippen LogP contribution in [0.25, 0.3) is 88.6 Å². The van der Waals surface area contributed by atoms with Gasteiger partial charge in [-0.15, -0.1) is 0 Å². The van der Waals surface area contributed by atoms with E-state index in [4.69, 9.17) is 9.40 Å². The summed E-state index contributed by atoms with van der Waals surface area (Å²) in [7, 11) is 0. The highest BCUT2D eigenvalue weighted by atomic mass is 16.3. The fourth-order valence-corrected chi connectivity index (χ4v) is 9.78. The van der Waals surface area contributed by atoms with E-state index in [9.17, 15) is 0 Å². The minimum Gasteiger partial charge on any atom is -0.436 e. The lowest BCUT2D eigenvalue weighted by Crippen LogP contribution is -2.26. The molecule has 1 heterocycles. The van der Waals surface area contributed by atoms with Crippen LogP contribution in [0.3, 0.4) is 0 Å². The van der Waals surface area contributed by atoms with Gasteiger partial charge in [0.25, 0.3) is 0 Å². The van der Waals surface area contributed by atoms with Crippen LogP contribution in [0.15, 0.2) is 192 Å². The molecule has 2 heteroatoms. The van der Waals surface area contributed by atoms with Crippen LogP contribution in [0, 0.1) is 0 Å². The first-order chi connectivity index (χ1) is 26.8. The number of hydrogen-bond acceptors (Lipinski definition) is 2. The van der Waals surface area contributed by atoms with Crippen molar-refractivity contribution < 1.29 is 4.42 Å². The average molecular weight is 686 g/mol. The summed E-state index contributed by atoms with van der Waals surface area (Å²) in [6.45, 7) is 0. The molecule has 2 aliphatic carbocycles. The lowest BCUT2D eigenvalue weighted by atomic mass is 9.70. The van der Waals surface area contributed by atoms with Crippen molar-refractivity contribution in [2.45, 2.75) is 5.41 Å². The third-order valence-corrected chi connectivity index (χ3v) is 11.9. The molecule has 0 unspecified atom stereocenters. The van der Waals surface area contributed by atoms with E-state index < -0.39 is 5.41 Å². The zero-order valence-corrected chi connectivity index (χ0v) is 29.3. The van der Waals surface area contributed by atoms with E-state index in [-0.39, 0.29) is 0 Å². The second kappa shape index (κ2) is 11.0. The standard InChI is InChI=1S/C52H31NO/c1-2-14-32(15-3-1)49-39-18-4-6-20-41(39)50(42-21-7-5-19-40(42)49)33-26-28-37-38-29-27-34(51-53-47-24-12-13-25-48(47)54-51)31-46(38)52(45(37)30-33)43-22-10-8-16-35(43)36-17-9-11-23-44(36)52/h1-31H. The van der Waals surface area contributed by atoms with Crippen molar-refractivity contribution in [2.24, 2.45) is 0 Å². The Morgan fingerprint density at radius 3 is 1.43 bits per heavy atom. The van der Waals surface area contributed by atoms with E-state index in [1.54, 1.807) is 0 Å². The maximum atomic E-state index is 6.37. The first-order valence-corrected chi connectivity index (χ1v) is 18.6. The Morgan fingerprint density at radius 1 is 0.352 bits per heavy atom. The molecule has 0 amide bonds. The number of oxazole rings is 1. The Morgan fingerprint density at radius 2 is 0.815 bits per heavy atom. The lowest BCUT2D eigenvalue weighted by Gasteiger charge is -2.31. The summed E-state index contributed by atoms with van der Waals surface area (Å²) in [6, 6.07) is 68.7. The van der Waals surface area contributed by atoms with Gasteiger partial charge in [0, 0.05) is 5.56 Å². The number of nitrogens with zero attached hydrogens (tertiary/aromatic N) is 1. The largest absolute Gasteiger partial charge is 0.436 e. The van der Waals surface area contributed by atoms with Gasteiger partial charge in [0.15, 0.2) is 5.58 Å². The molecule has 0 bridgehead atoms. The van der Waals surface area contributed by atoms with Gasteiger partial charge in [0.05, 0.1) is 5.41 Å². The van der Waals surface area contributed by atoms with E-state index in [1.165, 1.54) is 88.3 Å². The van der Waals surface area contributed by atoms with Crippen molar-refractivity contribution in [3.63, 3.8) is 0 Å². The predicted octanol–water partition coefficient (Wildman–Crippen LogP) is 13.5. The van der Waals surface area contributed by atoms with Crippen LogP contribution in [0.2, 0.25) is 0 Å². The number of rotatable bonds is 3. The molecular weight excluding hydrogens is 655 g/mol. The first-order valence-electron chi connectivity index (χ1n) is 18.6. The molecule has 1 aromatic heterocycles. The molecular formula is C52H31NO. The third kappa shape index (κ3) is 3.87. The van der Waals surface area contributed by atoms with E-state index in [0.717, 1.165) is 16.7 Å². The first kappa shape index (κ1) is 29.5. The fourth-order valence-electron chi connectivity index (χ4n) is 9.78. The van der Waals surface area contributed by atoms with Crippen molar-refractivity contribution >= 4 is 32.6 Å². The third-order valence-electron chi connectivity index (χ3n) is 11.9. The van der Waals surface area contributed by atoms with Crippen LogP contribution in [-0.2, 0) is 5.41 Å². The maximum Gasteiger partial charge on any atom is 0.227 e. The average Bonchev–Trinajstić information content (AvgIpc) is 3.90. The van der Waals surface area contributed by atoms with Crippen LogP contribution in [0.4, 0.5) is 0 Å². The van der Waals surface area contributed by atoms with Crippen LogP contribution < -0.4 is 0 Å². The molecule has 10 aromatic rings. The molecule has 0 fully saturated rings. The second-order valence-corrected chi connectivity index (χ2v) is 14.6. The molecule has 2 nitrogen and oxygen atoms in total. The number of benzene rings is 9. The quantitative estimate of drug-likeness (QED) is 0.173. The molecule has 0 saturated heterocycles. The topological polar surface area (TPSA) is 26.0 Å². The predicted molar refractivity (Wildman–Crippen MR) is 222 cm³/mol. The fraction of sp³-hybridized carbons (Fsp3) is 0.0192. The molecule has 54 heavy (non-hydrogen) atoms. The second-order valence-electron chi connectivity index (χ2n) is 14.6. The number of para-hydroxylation sites is 2. The highest BCUT2D eigenvalue weighted by molar-refractivity contribution is 6.21. The van der Waals surface area contributed by atoms with E-state index in [2.05, 4.69) is 164 Å². The molecule has 12 rings (SSSR count). The van der Waals surface area contributed by atoms with Gasteiger partial charge >= 0.3 is 0 Å². The van der Waals surface area contributed by atoms with Crippen molar-refractivity contribution in [1.82, 2.24) is 4.98 Å². The van der Waals surface area contributed by atoms with Gasteiger partial charge in [-0.3, -0.25) is 0 Å². The zero-order valence-electron chi connectivity index (χ0n) is 29.3. The summed E-state index contributed by atoms with van der Waals surface area (Å²) >= 11 is 0. The van der Waals surface area contributed by atoms with Gasteiger partial charge in [-0.2, -0.15) is 0 Å². The number of aromatic nitrogens is 1. The highest BCUT2D eigenvalue weighted by Crippen LogP contribution is 2.63. The Labute approximate surface area is 312 Å². The lowest BCUT2D eigenvalue weighted by molar-refractivity contribution is 0.619. The summed E-state index contributed by atoms with van der Waals surface area (Å²) in [5, 5.41) is 5.03. The normalized spacial score (nSPS) is 13.3. The van der Waals surface area contributed by atoms with Crippen LogP contribution in [0.5, 0.6) is 0 Å². The van der Waals surface area contributed by atoms with E-state index >= 15 is 0 Å². The maximum absolute atomic E-state index is 6.37. The van der Waals surface area contributed by atoms with E-state index in [1.807, 2.05) is 24.3 Å². The van der Waals surface area contributed by atoms with E-state index in [0.29, 0.717) is 5.89 Å². The van der Waals surface area contributed by atoms with Crippen molar-refractivity contribution in [2.75, 3.05) is 0 Å². The molecule has 250 valence electrons. The Bertz CT molecular complexity index is 3030. The van der Waals surface area contributed by atoms with Gasteiger partial charge in [-0.1, -0.05) is 158 Å². The van der Waals surface area contributed by atoms with Crippen LogP contribution in [-0.4, -0.2) is 4.98 Å². The summed E-state index contributed by atoms with van der Waals surface area (Å²) in [5.74, 6) is 0.641. The Hall–Kier alpha value is -7.03. The minimum atomic E-state index is -0.522. The van der Waals surface area contributed by atoms with Gasteiger partial charge in [0.2, 0.25) is 5.89 Å². The van der Waals surface area contributed by atoms with Crippen molar-refractivity contribution in [1.29, 1.82) is 0 Å². The summed E-state index contributed by atoms with van der Waals surface area (Å²) in [5.41, 5.74) is 17.4. The monoisotopic (exact) mass is 685 g/mol. The van der Waals surface area contributed by atoms with Gasteiger partial charge in [0.1, 0.15) is 5.52 Å². The molecule has 0 N–H and O–H groups in total. The molecule has 0 radical (unpaired) electrons. The molecule has 0 atom stereocenters. The molecule has 0 saturated carbocycles. The van der Waals surface area contributed by atoms with Gasteiger partial charge < -0.3 is 4.42 Å². The van der Waals surface area contributed by atoms with Gasteiger partial charge in [-0.05, 0) is 119 Å². The minimum absolute atomic E-state index is 0.522.